The third-order valence-corrected chi connectivity index (χ3v) is 7.45. The molecular formula is C28H26ClF3N4O3. The molecule has 1 unspecified atom stereocenters. The van der Waals surface area contributed by atoms with Crippen molar-refractivity contribution < 1.29 is 23.4 Å². The summed E-state index contributed by atoms with van der Waals surface area (Å²) in [6.45, 7) is 1.90. The summed E-state index contributed by atoms with van der Waals surface area (Å²) in [4.78, 5) is 18.1. The molecule has 7 nitrogen and oxygen atoms in total. The standard InChI is InChI=1S/C28H26ClF3N4O3/c1-4-22-24(35-14-27(2,39)28(31,32)15-35)10-17(13-33-22)20-12-18(30)11-19(25(20)37)16-5-6-23(21(29)9-16)36-8-7-34(3)26(36)38/h5-13,37,39H,4,14-15H2,1-3H3. The average molecular weight is 559 g/mol. The Morgan fingerprint density at radius 3 is 2.31 bits per heavy atom. The second kappa shape index (κ2) is 9.46. The maximum Gasteiger partial charge on any atom is 0.332 e. The fourth-order valence-electron chi connectivity index (χ4n) is 4.86. The molecule has 2 aromatic carbocycles. The first-order chi connectivity index (χ1) is 18.3. The number of aromatic hydroxyl groups is 1. The van der Waals surface area contributed by atoms with Gasteiger partial charge in [0.2, 0.25) is 0 Å². The Morgan fingerprint density at radius 1 is 1.05 bits per heavy atom. The van der Waals surface area contributed by atoms with Crippen molar-refractivity contribution in [2.75, 3.05) is 18.0 Å². The fraction of sp³-hybridized carbons (Fsp3) is 0.286. The quantitative estimate of drug-likeness (QED) is 0.353. The average Bonchev–Trinajstić information content (AvgIpc) is 3.32. The monoisotopic (exact) mass is 558 g/mol. The molecule has 1 aliphatic heterocycles. The molecular weight excluding hydrogens is 533 g/mol. The van der Waals surface area contributed by atoms with E-state index in [0.717, 1.165) is 19.1 Å². The Hall–Kier alpha value is -3.76. The van der Waals surface area contributed by atoms with Crippen LogP contribution in [0.4, 0.5) is 18.9 Å². The summed E-state index contributed by atoms with van der Waals surface area (Å²) in [6.07, 6.45) is 5.05. The number of phenolic OH excluding ortho intramolecular Hbond substituents is 1. The SMILES string of the molecule is CCc1ncc(-c2cc(F)cc(-c3ccc(-n4ccn(C)c4=O)c(Cl)c3)c2O)cc1N1CC(C)(O)C(F)(F)C1. The van der Waals surface area contributed by atoms with Crippen LogP contribution >= 0.6 is 11.6 Å². The highest BCUT2D eigenvalue weighted by molar-refractivity contribution is 6.32. The summed E-state index contributed by atoms with van der Waals surface area (Å²) >= 11 is 6.48. The van der Waals surface area contributed by atoms with Crippen LogP contribution in [-0.4, -0.2) is 48.9 Å². The van der Waals surface area contributed by atoms with Crippen LogP contribution < -0.4 is 10.6 Å². The number of aromatic nitrogens is 3. The van der Waals surface area contributed by atoms with Crippen molar-refractivity contribution in [1.82, 2.24) is 14.1 Å². The first-order valence-electron chi connectivity index (χ1n) is 12.2. The Morgan fingerprint density at radius 2 is 1.74 bits per heavy atom. The van der Waals surface area contributed by atoms with E-state index in [-0.39, 0.29) is 34.1 Å². The van der Waals surface area contributed by atoms with Crippen molar-refractivity contribution in [3.8, 4) is 33.7 Å². The molecule has 0 aliphatic carbocycles. The number of imidazole rings is 1. The summed E-state index contributed by atoms with van der Waals surface area (Å²) in [6, 6.07) is 8.59. The first-order valence-corrected chi connectivity index (χ1v) is 12.6. The van der Waals surface area contributed by atoms with Crippen molar-refractivity contribution in [1.29, 1.82) is 0 Å². The van der Waals surface area contributed by atoms with Gasteiger partial charge in [-0.3, -0.25) is 9.55 Å². The Labute approximate surface area is 227 Å². The molecule has 0 radical (unpaired) electrons. The predicted molar refractivity (Wildman–Crippen MR) is 143 cm³/mol. The molecule has 1 aliphatic rings. The topological polar surface area (TPSA) is 83.5 Å². The molecule has 39 heavy (non-hydrogen) atoms. The van der Waals surface area contributed by atoms with E-state index in [4.69, 9.17) is 11.6 Å². The summed E-state index contributed by atoms with van der Waals surface area (Å²) < 4.78 is 46.5. The number of phenols is 1. The molecule has 204 valence electrons. The second-order valence-corrected chi connectivity index (χ2v) is 10.4. The molecule has 0 spiro atoms. The zero-order valence-electron chi connectivity index (χ0n) is 21.4. The van der Waals surface area contributed by atoms with E-state index in [2.05, 4.69) is 4.98 Å². The van der Waals surface area contributed by atoms with Crippen LogP contribution in [0.25, 0.3) is 27.9 Å². The molecule has 3 heterocycles. The summed E-state index contributed by atoms with van der Waals surface area (Å²) in [5, 5.41) is 21.7. The van der Waals surface area contributed by atoms with E-state index in [1.54, 1.807) is 37.6 Å². The van der Waals surface area contributed by atoms with Crippen molar-refractivity contribution in [3.05, 3.63) is 82.0 Å². The minimum atomic E-state index is -3.33. The van der Waals surface area contributed by atoms with Gasteiger partial charge in [0.05, 0.1) is 35.2 Å². The number of benzene rings is 2. The highest BCUT2D eigenvalue weighted by atomic mass is 35.5. The summed E-state index contributed by atoms with van der Waals surface area (Å²) in [5.74, 6) is -4.24. The van der Waals surface area contributed by atoms with E-state index < -0.39 is 23.9 Å². The number of hydrogen-bond donors (Lipinski definition) is 2. The molecule has 2 N–H and O–H groups in total. The minimum absolute atomic E-state index is 0.110. The minimum Gasteiger partial charge on any atom is -0.507 e. The van der Waals surface area contributed by atoms with Crippen molar-refractivity contribution in [2.45, 2.75) is 31.8 Å². The van der Waals surface area contributed by atoms with Gasteiger partial charge in [0, 0.05) is 42.3 Å². The van der Waals surface area contributed by atoms with Gasteiger partial charge >= 0.3 is 5.69 Å². The molecule has 0 saturated carbocycles. The lowest BCUT2D eigenvalue weighted by molar-refractivity contribution is -0.134. The Kier molecular flexibility index (Phi) is 6.51. The molecule has 1 atom stereocenters. The van der Waals surface area contributed by atoms with Crippen LogP contribution in [0.5, 0.6) is 5.75 Å². The number of pyridine rings is 1. The predicted octanol–water partition coefficient (Wildman–Crippen LogP) is 5.17. The maximum absolute atomic E-state index is 14.9. The van der Waals surface area contributed by atoms with Gasteiger partial charge in [-0.1, -0.05) is 24.6 Å². The van der Waals surface area contributed by atoms with Gasteiger partial charge in [0.15, 0.2) is 0 Å². The van der Waals surface area contributed by atoms with Crippen LogP contribution in [0.1, 0.15) is 19.5 Å². The van der Waals surface area contributed by atoms with E-state index in [0.29, 0.717) is 34.6 Å². The lowest BCUT2D eigenvalue weighted by Gasteiger charge is -2.23. The number of anilines is 1. The molecule has 0 amide bonds. The van der Waals surface area contributed by atoms with Gasteiger partial charge in [0.25, 0.3) is 5.92 Å². The van der Waals surface area contributed by atoms with Crippen LogP contribution in [0.3, 0.4) is 0 Å². The number of nitrogens with zero attached hydrogens (tertiary/aromatic N) is 4. The largest absolute Gasteiger partial charge is 0.507 e. The molecule has 5 rings (SSSR count). The molecule has 1 fully saturated rings. The van der Waals surface area contributed by atoms with Gasteiger partial charge in [-0.15, -0.1) is 0 Å². The van der Waals surface area contributed by atoms with E-state index in [1.807, 2.05) is 6.92 Å². The molecule has 0 bridgehead atoms. The first kappa shape index (κ1) is 26.8. The van der Waals surface area contributed by atoms with Crippen LogP contribution in [0.15, 0.2) is 59.8 Å². The third kappa shape index (κ3) is 4.57. The zero-order valence-corrected chi connectivity index (χ0v) is 22.2. The van der Waals surface area contributed by atoms with Crippen LogP contribution in [0, 0.1) is 5.82 Å². The highest BCUT2D eigenvalue weighted by Gasteiger charge is 2.56. The lowest BCUT2D eigenvalue weighted by atomic mass is 9.97. The second-order valence-electron chi connectivity index (χ2n) is 9.96. The number of halogens is 4. The number of aliphatic hydroxyl groups is 1. The summed E-state index contributed by atoms with van der Waals surface area (Å²) in [7, 11) is 1.61. The third-order valence-electron chi connectivity index (χ3n) is 7.15. The van der Waals surface area contributed by atoms with Gasteiger partial charge in [-0.25, -0.2) is 18.0 Å². The number of aryl methyl sites for hydroxylation is 2. The fourth-order valence-corrected chi connectivity index (χ4v) is 5.13. The van der Waals surface area contributed by atoms with E-state index in [1.165, 1.54) is 26.3 Å². The number of rotatable bonds is 5. The normalized spacial score (nSPS) is 18.6. The van der Waals surface area contributed by atoms with Crippen molar-refractivity contribution in [3.63, 3.8) is 0 Å². The van der Waals surface area contributed by atoms with Gasteiger partial charge < -0.3 is 19.7 Å². The van der Waals surface area contributed by atoms with Crippen LogP contribution in [0.2, 0.25) is 5.02 Å². The molecule has 1 saturated heterocycles. The Bertz CT molecular complexity index is 1630. The van der Waals surface area contributed by atoms with E-state index >= 15 is 0 Å². The van der Waals surface area contributed by atoms with Gasteiger partial charge in [-0.05, 0) is 49.2 Å². The number of alkyl halides is 2. The zero-order chi connectivity index (χ0) is 28.3. The summed E-state index contributed by atoms with van der Waals surface area (Å²) in [5.41, 5.74) is -0.220. The smallest absolute Gasteiger partial charge is 0.332 e. The van der Waals surface area contributed by atoms with E-state index in [9.17, 15) is 28.2 Å². The molecule has 11 heteroatoms. The van der Waals surface area contributed by atoms with Crippen molar-refractivity contribution >= 4 is 17.3 Å². The lowest BCUT2D eigenvalue weighted by Crippen LogP contribution is -2.43. The molecule has 2 aromatic heterocycles. The van der Waals surface area contributed by atoms with Gasteiger partial charge in [0.1, 0.15) is 17.2 Å². The number of hydrogen-bond acceptors (Lipinski definition) is 5. The molecule has 4 aromatic rings. The van der Waals surface area contributed by atoms with Gasteiger partial charge in [-0.2, -0.15) is 0 Å². The number of β-amino-alcohol motifs (C(OH)–C–C–N with tert-alkyl or cyclic N) is 1. The van der Waals surface area contributed by atoms with Crippen molar-refractivity contribution in [2.24, 2.45) is 7.05 Å². The van der Waals surface area contributed by atoms with Crippen LogP contribution in [-0.2, 0) is 13.5 Å². The maximum atomic E-state index is 14.9. The Balaban J connectivity index is 1.58. The highest BCUT2D eigenvalue weighted by Crippen LogP contribution is 2.43.